The monoisotopic (exact) mass is 238 g/mol. The first-order valence-corrected chi connectivity index (χ1v) is 4.68. The van der Waals surface area contributed by atoms with Crippen molar-refractivity contribution < 1.29 is 13.2 Å². The molecule has 0 spiro atoms. The van der Waals surface area contributed by atoms with Crippen molar-refractivity contribution in [3.05, 3.63) is 22.8 Å². The lowest BCUT2D eigenvalue weighted by Gasteiger charge is -2.12. The molecule has 0 aliphatic heterocycles. The van der Waals surface area contributed by atoms with E-state index < -0.39 is 11.7 Å². The highest BCUT2D eigenvalue weighted by Crippen LogP contribution is 2.32. The molecule has 0 bridgehead atoms. The van der Waals surface area contributed by atoms with E-state index in [4.69, 9.17) is 11.6 Å². The van der Waals surface area contributed by atoms with Gasteiger partial charge in [-0.1, -0.05) is 11.6 Å². The summed E-state index contributed by atoms with van der Waals surface area (Å²) in [5.74, 6) is 0.264. The Hall–Kier alpha value is -0.970. The maximum absolute atomic E-state index is 12.2. The molecule has 1 heterocycles. The van der Waals surface area contributed by atoms with Crippen molar-refractivity contribution in [3.63, 3.8) is 0 Å². The third-order valence-corrected chi connectivity index (χ3v) is 1.88. The zero-order valence-electron chi connectivity index (χ0n) is 8.19. The molecular weight excluding hydrogens is 229 g/mol. The molecule has 1 aromatic rings. The number of alkyl halides is 3. The number of halogens is 4. The van der Waals surface area contributed by atoms with Crippen LogP contribution in [0.2, 0.25) is 5.02 Å². The summed E-state index contributed by atoms with van der Waals surface area (Å²) in [6.45, 7) is 3.69. The molecule has 1 aromatic heterocycles. The first kappa shape index (κ1) is 12.1. The molecule has 0 aromatic carbocycles. The Bertz CT molecular complexity index is 350. The number of anilines is 1. The minimum atomic E-state index is -4.41. The minimum Gasteiger partial charge on any atom is -0.367 e. The molecule has 0 amide bonds. The summed E-state index contributed by atoms with van der Waals surface area (Å²) >= 11 is 5.65. The van der Waals surface area contributed by atoms with Gasteiger partial charge in [-0.05, 0) is 19.9 Å². The number of rotatable bonds is 2. The van der Waals surface area contributed by atoms with Crippen LogP contribution in [-0.4, -0.2) is 11.0 Å². The fourth-order valence-electron chi connectivity index (χ4n) is 0.973. The van der Waals surface area contributed by atoms with E-state index in [1.165, 1.54) is 0 Å². The van der Waals surface area contributed by atoms with Crippen LogP contribution in [0.25, 0.3) is 0 Å². The number of pyridine rings is 1. The lowest BCUT2D eigenvalue weighted by atomic mass is 10.2. The molecule has 2 nitrogen and oxygen atoms in total. The van der Waals surface area contributed by atoms with Crippen LogP contribution in [0.5, 0.6) is 0 Å². The largest absolute Gasteiger partial charge is 0.417 e. The van der Waals surface area contributed by atoms with E-state index in [9.17, 15) is 13.2 Å². The third kappa shape index (κ3) is 3.27. The van der Waals surface area contributed by atoms with E-state index in [1.807, 2.05) is 13.8 Å². The van der Waals surface area contributed by atoms with Crippen molar-refractivity contribution >= 4 is 17.4 Å². The Kier molecular flexibility index (Phi) is 3.44. The van der Waals surface area contributed by atoms with Crippen LogP contribution in [-0.2, 0) is 6.18 Å². The Morgan fingerprint density at radius 2 is 2.00 bits per heavy atom. The molecule has 0 radical (unpaired) electrons. The van der Waals surface area contributed by atoms with E-state index in [2.05, 4.69) is 10.3 Å². The van der Waals surface area contributed by atoms with Crippen LogP contribution in [0.3, 0.4) is 0 Å². The van der Waals surface area contributed by atoms with Gasteiger partial charge >= 0.3 is 6.18 Å². The van der Waals surface area contributed by atoms with Gasteiger partial charge in [-0.3, -0.25) is 0 Å². The zero-order chi connectivity index (χ0) is 11.6. The van der Waals surface area contributed by atoms with E-state index in [1.54, 1.807) is 0 Å². The molecule has 0 unspecified atom stereocenters. The summed E-state index contributed by atoms with van der Waals surface area (Å²) in [6.07, 6.45) is -3.65. The number of nitrogens with zero attached hydrogens (tertiary/aromatic N) is 1. The zero-order valence-corrected chi connectivity index (χ0v) is 8.95. The SMILES string of the molecule is CC(C)Nc1ncc(C(F)(F)F)cc1Cl. The van der Waals surface area contributed by atoms with E-state index in [0.29, 0.717) is 0 Å². The molecule has 0 atom stereocenters. The Morgan fingerprint density at radius 1 is 1.40 bits per heavy atom. The lowest BCUT2D eigenvalue weighted by molar-refractivity contribution is -0.137. The Labute approximate surface area is 90.5 Å². The second-order valence-electron chi connectivity index (χ2n) is 3.35. The summed E-state index contributed by atoms with van der Waals surface area (Å²) in [5.41, 5.74) is -0.846. The van der Waals surface area contributed by atoms with Gasteiger partial charge in [0.05, 0.1) is 10.6 Å². The van der Waals surface area contributed by atoms with Gasteiger partial charge in [0.2, 0.25) is 0 Å². The average molecular weight is 239 g/mol. The van der Waals surface area contributed by atoms with Crippen molar-refractivity contribution in [3.8, 4) is 0 Å². The van der Waals surface area contributed by atoms with Crippen LogP contribution < -0.4 is 5.32 Å². The highest BCUT2D eigenvalue weighted by Gasteiger charge is 2.31. The fraction of sp³-hybridized carbons (Fsp3) is 0.444. The van der Waals surface area contributed by atoms with Gasteiger partial charge in [-0.15, -0.1) is 0 Å². The maximum atomic E-state index is 12.2. The topological polar surface area (TPSA) is 24.9 Å². The summed E-state index contributed by atoms with van der Waals surface area (Å²) in [5, 5.41) is 2.81. The van der Waals surface area contributed by atoms with E-state index >= 15 is 0 Å². The van der Waals surface area contributed by atoms with Gasteiger partial charge in [-0.2, -0.15) is 13.2 Å². The minimum absolute atomic E-state index is 0.0291. The number of hydrogen-bond donors (Lipinski definition) is 1. The molecule has 1 rings (SSSR count). The van der Waals surface area contributed by atoms with E-state index in [-0.39, 0.29) is 16.9 Å². The summed E-state index contributed by atoms with van der Waals surface area (Å²) in [6, 6.07) is 0.922. The lowest BCUT2D eigenvalue weighted by Crippen LogP contribution is -2.13. The molecule has 84 valence electrons. The highest BCUT2D eigenvalue weighted by atomic mass is 35.5. The van der Waals surface area contributed by atoms with E-state index in [0.717, 1.165) is 12.3 Å². The van der Waals surface area contributed by atoms with Crippen LogP contribution >= 0.6 is 11.6 Å². The number of hydrogen-bond acceptors (Lipinski definition) is 2. The second-order valence-corrected chi connectivity index (χ2v) is 3.76. The van der Waals surface area contributed by atoms with Crippen LogP contribution in [0.4, 0.5) is 19.0 Å². The van der Waals surface area contributed by atoms with Gasteiger partial charge in [-0.25, -0.2) is 4.98 Å². The summed E-state index contributed by atoms with van der Waals surface area (Å²) in [7, 11) is 0. The Balaban J connectivity index is 2.98. The van der Waals surface area contributed by atoms with Gasteiger partial charge < -0.3 is 5.32 Å². The first-order chi connectivity index (χ1) is 6.80. The second kappa shape index (κ2) is 4.26. The molecule has 0 saturated carbocycles. The van der Waals surface area contributed by atoms with Gasteiger partial charge in [0, 0.05) is 12.2 Å². The van der Waals surface area contributed by atoms with Crippen molar-refractivity contribution in [2.24, 2.45) is 0 Å². The molecule has 1 N–H and O–H groups in total. The first-order valence-electron chi connectivity index (χ1n) is 4.30. The molecule has 0 aliphatic rings. The van der Waals surface area contributed by atoms with Crippen molar-refractivity contribution in [1.29, 1.82) is 0 Å². The van der Waals surface area contributed by atoms with Crippen molar-refractivity contribution in [1.82, 2.24) is 4.98 Å². The molecule has 0 fully saturated rings. The third-order valence-electron chi connectivity index (χ3n) is 1.59. The molecule has 0 aliphatic carbocycles. The van der Waals surface area contributed by atoms with Crippen LogP contribution in [0.15, 0.2) is 12.3 Å². The van der Waals surface area contributed by atoms with Crippen molar-refractivity contribution in [2.75, 3.05) is 5.32 Å². The van der Waals surface area contributed by atoms with Gasteiger partial charge in [0.1, 0.15) is 5.82 Å². The predicted octanol–water partition coefficient (Wildman–Crippen LogP) is 3.57. The summed E-state index contributed by atoms with van der Waals surface area (Å²) < 4.78 is 36.7. The maximum Gasteiger partial charge on any atom is 0.417 e. The van der Waals surface area contributed by atoms with Crippen LogP contribution in [0, 0.1) is 0 Å². The molecule has 0 saturated heterocycles. The van der Waals surface area contributed by atoms with Gasteiger partial charge in [0.15, 0.2) is 0 Å². The predicted molar refractivity (Wildman–Crippen MR) is 53.0 cm³/mol. The van der Waals surface area contributed by atoms with Crippen LogP contribution in [0.1, 0.15) is 19.4 Å². The molecular formula is C9H10ClF3N2. The number of nitrogens with one attached hydrogen (secondary N) is 1. The quantitative estimate of drug-likeness (QED) is 0.852. The average Bonchev–Trinajstić information content (AvgIpc) is 2.05. The summed E-state index contributed by atoms with van der Waals surface area (Å²) in [4.78, 5) is 3.62. The van der Waals surface area contributed by atoms with Gasteiger partial charge in [0.25, 0.3) is 0 Å². The standard InChI is InChI=1S/C9H10ClF3N2/c1-5(2)15-8-7(10)3-6(4-14-8)9(11,12)13/h3-5H,1-2H3,(H,14,15). The Morgan fingerprint density at radius 3 is 2.40 bits per heavy atom. The molecule has 6 heteroatoms. The number of aromatic nitrogens is 1. The highest BCUT2D eigenvalue weighted by molar-refractivity contribution is 6.32. The fourth-order valence-corrected chi connectivity index (χ4v) is 1.19. The van der Waals surface area contributed by atoms with Crippen molar-refractivity contribution in [2.45, 2.75) is 26.1 Å². The molecule has 15 heavy (non-hydrogen) atoms. The smallest absolute Gasteiger partial charge is 0.367 e. The normalized spacial score (nSPS) is 11.9.